The van der Waals surface area contributed by atoms with Crippen LogP contribution in [0, 0.1) is 0 Å². The van der Waals surface area contributed by atoms with Crippen molar-refractivity contribution in [1.29, 1.82) is 0 Å². The van der Waals surface area contributed by atoms with Crippen LogP contribution in [0.1, 0.15) is 15.9 Å². The van der Waals surface area contributed by atoms with Crippen molar-refractivity contribution in [3.63, 3.8) is 0 Å². The van der Waals surface area contributed by atoms with Crippen molar-refractivity contribution in [3.8, 4) is 0 Å². The van der Waals surface area contributed by atoms with Crippen LogP contribution in [-0.2, 0) is 6.54 Å². The molecule has 0 aliphatic heterocycles. The van der Waals surface area contributed by atoms with Gasteiger partial charge in [0.2, 0.25) is 0 Å². The summed E-state index contributed by atoms with van der Waals surface area (Å²) in [4.78, 5) is 21.3. The van der Waals surface area contributed by atoms with Crippen LogP contribution in [0.5, 0.6) is 0 Å². The molecule has 0 unspecified atom stereocenters. The van der Waals surface area contributed by atoms with Crippen molar-refractivity contribution in [1.82, 2.24) is 14.9 Å². The quantitative estimate of drug-likeness (QED) is 0.874. The number of rotatable bonds is 3. The molecule has 1 heterocycles. The minimum atomic E-state index is -0.156. The van der Waals surface area contributed by atoms with E-state index in [9.17, 15) is 4.79 Å². The molecule has 0 aliphatic rings. The van der Waals surface area contributed by atoms with Gasteiger partial charge in [0.25, 0.3) is 5.91 Å². The van der Waals surface area contributed by atoms with Crippen LogP contribution in [0.4, 0.5) is 0 Å². The van der Waals surface area contributed by atoms with Gasteiger partial charge in [0.15, 0.2) is 0 Å². The third-order valence-corrected chi connectivity index (χ3v) is 2.93. The zero-order valence-corrected chi connectivity index (χ0v) is 11.7. The summed E-state index contributed by atoms with van der Waals surface area (Å²) in [6.45, 7) is 0.411. The zero-order chi connectivity index (χ0) is 13.8. The minimum absolute atomic E-state index is 0.156. The topological polar surface area (TPSA) is 46.1 Å². The molecular formula is C13H11Cl2N3O. The Labute approximate surface area is 121 Å². The van der Waals surface area contributed by atoms with E-state index in [1.807, 2.05) is 0 Å². The molecule has 1 aromatic carbocycles. The number of nitrogens with zero attached hydrogens (tertiary/aromatic N) is 3. The highest BCUT2D eigenvalue weighted by Crippen LogP contribution is 2.20. The van der Waals surface area contributed by atoms with Gasteiger partial charge in [-0.25, -0.2) is 9.97 Å². The minimum Gasteiger partial charge on any atom is -0.337 e. The van der Waals surface area contributed by atoms with Crippen molar-refractivity contribution in [2.24, 2.45) is 0 Å². The summed E-state index contributed by atoms with van der Waals surface area (Å²) >= 11 is 11.8. The van der Waals surface area contributed by atoms with E-state index in [-0.39, 0.29) is 5.91 Å². The molecule has 0 atom stereocenters. The van der Waals surface area contributed by atoms with Gasteiger partial charge in [-0.05, 0) is 23.8 Å². The summed E-state index contributed by atoms with van der Waals surface area (Å²) in [5.74, 6) is -0.156. The Morgan fingerprint density at radius 1 is 1.16 bits per heavy atom. The molecule has 0 aliphatic carbocycles. The summed E-state index contributed by atoms with van der Waals surface area (Å²) < 4.78 is 0. The molecule has 0 N–H and O–H groups in total. The van der Waals surface area contributed by atoms with Crippen LogP contribution in [0.25, 0.3) is 0 Å². The van der Waals surface area contributed by atoms with Crippen molar-refractivity contribution in [2.75, 3.05) is 7.05 Å². The average molecular weight is 296 g/mol. The average Bonchev–Trinajstić information content (AvgIpc) is 2.37. The second-order valence-electron chi connectivity index (χ2n) is 4.07. The number of carbonyl (C=O) groups is 1. The predicted molar refractivity (Wildman–Crippen MR) is 74.3 cm³/mol. The maximum Gasteiger partial charge on any atom is 0.257 e. The maximum atomic E-state index is 12.1. The Hall–Kier alpha value is -1.65. The first-order chi connectivity index (χ1) is 9.06. The van der Waals surface area contributed by atoms with Crippen LogP contribution in [0.3, 0.4) is 0 Å². The van der Waals surface area contributed by atoms with Gasteiger partial charge in [-0.2, -0.15) is 0 Å². The number of carbonyl (C=O) groups excluding carboxylic acids is 1. The summed E-state index contributed by atoms with van der Waals surface area (Å²) in [5.41, 5.74) is 1.31. The second kappa shape index (κ2) is 5.99. The van der Waals surface area contributed by atoms with E-state index in [4.69, 9.17) is 23.2 Å². The van der Waals surface area contributed by atoms with E-state index < -0.39 is 0 Å². The number of hydrogen-bond donors (Lipinski definition) is 0. The van der Waals surface area contributed by atoms with Gasteiger partial charge in [0.05, 0.1) is 5.56 Å². The number of halogens is 2. The van der Waals surface area contributed by atoms with Gasteiger partial charge in [0, 0.05) is 36.0 Å². The van der Waals surface area contributed by atoms with E-state index in [1.54, 1.807) is 30.1 Å². The molecule has 1 amide bonds. The summed E-state index contributed by atoms with van der Waals surface area (Å²) in [6.07, 6.45) is 4.35. The lowest BCUT2D eigenvalue weighted by Crippen LogP contribution is -2.26. The first-order valence-corrected chi connectivity index (χ1v) is 6.27. The number of amides is 1. The molecule has 0 saturated carbocycles. The fraction of sp³-hybridized carbons (Fsp3) is 0.154. The summed E-state index contributed by atoms with van der Waals surface area (Å²) in [7, 11) is 1.70. The summed E-state index contributed by atoms with van der Waals surface area (Å²) in [6, 6.07) is 5.21. The summed E-state index contributed by atoms with van der Waals surface area (Å²) in [5, 5.41) is 1.10. The van der Waals surface area contributed by atoms with E-state index in [0.717, 1.165) is 5.56 Å². The molecule has 0 fully saturated rings. The van der Waals surface area contributed by atoms with E-state index >= 15 is 0 Å². The number of aromatic nitrogens is 2. The zero-order valence-electron chi connectivity index (χ0n) is 10.2. The lowest BCUT2D eigenvalue weighted by Gasteiger charge is -2.17. The van der Waals surface area contributed by atoms with Gasteiger partial charge in [-0.1, -0.05) is 23.2 Å². The molecule has 2 aromatic rings. The molecule has 0 spiro atoms. The van der Waals surface area contributed by atoms with Crippen molar-refractivity contribution < 1.29 is 4.79 Å². The highest BCUT2D eigenvalue weighted by molar-refractivity contribution is 6.34. The molecule has 98 valence electrons. The molecule has 19 heavy (non-hydrogen) atoms. The Morgan fingerprint density at radius 3 is 2.32 bits per heavy atom. The normalized spacial score (nSPS) is 10.3. The van der Waals surface area contributed by atoms with E-state index in [0.29, 0.717) is 22.2 Å². The maximum absolute atomic E-state index is 12.1. The van der Waals surface area contributed by atoms with Gasteiger partial charge in [0.1, 0.15) is 6.33 Å². The molecule has 1 aromatic heterocycles. The fourth-order valence-electron chi connectivity index (χ4n) is 1.68. The Bertz CT molecular complexity index is 569. The van der Waals surface area contributed by atoms with E-state index in [1.165, 1.54) is 18.7 Å². The monoisotopic (exact) mass is 295 g/mol. The van der Waals surface area contributed by atoms with Gasteiger partial charge in [-0.15, -0.1) is 0 Å². The van der Waals surface area contributed by atoms with E-state index in [2.05, 4.69) is 9.97 Å². The Balaban J connectivity index is 2.13. The van der Waals surface area contributed by atoms with Crippen LogP contribution in [0.2, 0.25) is 10.0 Å². The predicted octanol–water partition coefficient (Wildman–Crippen LogP) is 3.06. The first-order valence-electron chi connectivity index (χ1n) is 5.51. The standard InChI is InChI=1S/C13H11Cl2N3O/c1-18(13(19)10-5-16-8-17-6-10)7-9-2-11(14)4-12(15)3-9/h2-6,8H,7H2,1H3. The number of benzene rings is 1. The van der Waals surface area contributed by atoms with Crippen LogP contribution in [0.15, 0.2) is 36.9 Å². The van der Waals surface area contributed by atoms with Crippen molar-refractivity contribution in [2.45, 2.75) is 6.54 Å². The molecule has 0 saturated heterocycles. The molecule has 4 nitrogen and oxygen atoms in total. The lowest BCUT2D eigenvalue weighted by molar-refractivity contribution is 0.0784. The van der Waals surface area contributed by atoms with Crippen molar-refractivity contribution >= 4 is 29.1 Å². The molecule has 0 radical (unpaired) electrons. The molecule has 2 rings (SSSR count). The third-order valence-electron chi connectivity index (χ3n) is 2.50. The van der Waals surface area contributed by atoms with Gasteiger partial charge in [-0.3, -0.25) is 4.79 Å². The third kappa shape index (κ3) is 3.66. The van der Waals surface area contributed by atoms with Crippen molar-refractivity contribution in [3.05, 3.63) is 58.1 Å². The molecule has 6 heteroatoms. The smallest absolute Gasteiger partial charge is 0.257 e. The molecule has 0 bridgehead atoms. The van der Waals surface area contributed by atoms with Gasteiger partial charge < -0.3 is 4.90 Å². The van der Waals surface area contributed by atoms with Gasteiger partial charge >= 0.3 is 0 Å². The first kappa shape index (κ1) is 13.8. The SMILES string of the molecule is CN(Cc1cc(Cl)cc(Cl)c1)C(=O)c1cncnc1. The highest BCUT2D eigenvalue weighted by atomic mass is 35.5. The second-order valence-corrected chi connectivity index (χ2v) is 4.94. The fourth-order valence-corrected chi connectivity index (χ4v) is 2.25. The Kier molecular flexibility index (Phi) is 4.35. The Morgan fingerprint density at radius 2 is 1.74 bits per heavy atom. The van der Waals surface area contributed by atoms with Crippen LogP contribution < -0.4 is 0 Å². The molecular weight excluding hydrogens is 285 g/mol. The number of hydrogen-bond acceptors (Lipinski definition) is 3. The lowest BCUT2D eigenvalue weighted by atomic mass is 10.2. The highest BCUT2D eigenvalue weighted by Gasteiger charge is 2.12. The van der Waals surface area contributed by atoms with Crippen LogP contribution in [-0.4, -0.2) is 27.8 Å². The van der Waals surface area contributed by atoms with Crippen LogP contribution >= 0.6 is 23.2 Å². The largest absolute Gasteiger partial charge is 0.337 e.